The molecule has 118 valence electrons. The molecular weight excluding hydrogens is 284 g/mol. The minimum absolute atomic E-state index is 0.0902. The van der Waals surface area contributed by atoms with E-state index in [1.54, 1.807) is 0 Å². The minimum atomic E-state index is -0.0902. The van der Waals surface area contributed by atoms with E-state index in [0.29, 0.717) is 16.6 Å². The third-order valence-corrected chi connectivity index (χ3v) is 5.13. The lowest BCUT2D eigenvalue weighted by Gasteiger charge is -2.28. The van der Waals surface area contributed by atoms with Gasteiger partial charge >= 0.3 is 0 Å². The van der Waals surface area contributed by atoms with Crippen LogP contribution in [0.2, 0.25) is 0 Å². The molecule has 1 heterocycles. The number of anilines is 2. The second-order valence-corrected chi connectivity index (χ2v) is 6.82. The van der Waals surface area contributed by atoms with E-state index >= 15 is 0 Å². The fourth-order valence-corrected chi connectivity index (χ4v) is 3.64. The summed E-state index contributed by atoms with van der Waals surface area (Å²) in [6, 6.07) is 0.200. The van der Waals surface area contributed by atoms with Crippen LogP contribution in [0, 0.1) is 5.92 Å². The van der Waals surface area contributed by atoms with Crippen LogP contribution in [0.15, 0.2) is 0 Å². The predicted octanol–water partition coefficient (Wildman–Crippen LogP) is 3.25. The van der Waals surface area contributed by atoms with Gasteiger partial charge in [0, 0.05) is 12.6 Å². The molecule has 1 fully saturated rings. The quantitative estimate of drug-likeness (QED) is 0.753. The number of nitrogens with zero attached hydrogens (tertiary/aromatic N) is 1. The lowest BCUT2D eigenvalue weighted by atomic mass is 9.84. The van der Waals surface area contributed by atoms with Crippen LogP contribution < -0.4 is 16.4 Å². The summed E-state index contributed by atoms with van der Waals surface area (Å²) in [5, 5.41) is 7.00. The number of nitrogen functional groups attached to an aromatic ring is 1. The van der Waals surface area contributed by atoms with E-state index in [1.807, 2.05) is 0 Å². The van der Waals surface area contributed by atoms with Crippen LogP contribution in [0.25, 0.3) is 0 Å². The Bertz CT molecular complexity index is 468. The molecule has 1 saturated carbocycles. The lowest BCUT2D eigenvalue weighted by Crippen LogP contribution is -2.38. The number of nitrogens with two attached hydrogens (primary N) is 1. The van der Waals surface area contributed by atoms with Crippen molar-refractivity contribution in [1.29, 1.82) is 0 Å². The van der Waals surface area contributed by atoms with Crippen molar-refractivity contribution in [2.45, 2.75) is 58.4 Å². The summed E-state index contributed by atoms with van der Waals surface area (Å²) in [5.41, 5.74) is 5.87. The van der Waals surface area contributed by atoms with Gasteiger partial charge in [0.05, 0.1) is 0 Å². The summed E-state index contributed by atoms with van der Waals surface area (Å²) in [6.45, 7) is 5.03. The second kappa shape index (κ2) is 7.64. The van der Waals surface area contributed by atoms with E-state index in [1.165, 1.54) is 43.4 Å². The average molecular weight is 310 g/mol. The fourth-order valence-electron chi connectivity index (χ4n) is 2.83. The van der Waals surface area contributed by atoms with Gasteiger partial charge in [-0.1, -0.05) is 37.5 Å². The van der Waals surface area contributed by atoms with Crippen LogP contribution in [0.1, 0.15) is 62.0 Å². The van der Waals surface area contributed by atoms with Crippen molar-refractivity contribution in [3.05, 3.63) is 4.88 Å². The highest BCUT2D eigenvalue weighted by atomic mass is 32.1. The number of thiazole rings is 1. The van der Waals surface area contributed by atoms with E-state index in [9.17, 15) is 4.79 Å². The summed E-state index contributed by atoms with van der Waals surface area (Å²) >= 11 is 1.34. The van der Waals surface area contributed by atoms with Crippen molar-refractivity contribution in [3.63, 3.8) is 0 Å². The molecule has 0 saturated heterocycles. The van der Waals surface area contributed by atoms with Gasteiger partial charge in [0.25, 0.3) is 5.91 Å². The molecular formula is C15H26N4OS. The number of amides is 1. The fraction of sp³-hybridized carbons (Fsp3) is 0.733. The third-order valence-electron chi connectivity index (χ3n) is 4.10. The molecule has 4 N–H and O–H groups in total. The normalized spacial score (nSPS) is 17.4. The van der Waals surface area contributed by atoms with Gasteiger partial charge in [-0.25, -0.2) is 4.98 Å². The molecule has 0 radical (unpaired) electrons. The largest absolute Gasteiger partial charge is 0.382 e. The Balaban J connectivity index is 1.94. The summed E-state index contributed by atoms with van der Waals surface area (Å²) in [7, 11) is 0. The third kappa shape index (κ3) is 4.33. The van der Waals surface area contributed by atoms with Crippen molar-refractivity contribution in [3.8, 4) is 0 Å². The smallest absolute Gasteiger partial charge is 0.265 e. The SMILES string of the molecule is CCCNc1nc(N)c(C(=O)NC(C)C2CCCCC2)s1. The predicted molar refractivity (Wildman–Crippen MR) is 88.8 cm³/mol. The van der Waals surface area contributed by atoms with Gasteiger partial charge in [0.15, 0.2) is 5.13 Å². The molecule has 0 bridgehead atoms. The van der Waals surface area contributed by atoms with Crippen LogP contribution in [0.3, 0.4) is 0 Å². The van der Waals surface area contributed by atoms with Crippen molar-refractivity contribution in [1.82, 2.24) is 10.3 Å². The van der Waals surface area contributed by atoms with Crippen molar-refractivity contribution >= 4 is 28.2 Å². The van der Waals surface area contributed by atoms with Gasteiger partial charge in [0.1, 0.15) is 10.7 Å². The summed E-state index contributed by atoms with van der Waals surface area (Å²) in [5.74, 6) is 0.828. The molecule has 1 unspecified atom stereocenters. The van der Waals surface area contributed by atoms with Gasteiger partial charge in [-0.2, -0.15) is 0 Å². The van der Waals surface area contributed by atoms with Crippen LogP contribution in [0.5, 0.6) is 0 Å². The molecule has 0 aromatic carbocycles. The molecule has 1 aliphatic carbocycles. The number of carbonyl (C=O) groups excluding carboxylic acids is 1. The zero-order chi connectivity index (χ0) is 15.2. The molecule has 1 aromatic rings. The van der Waals surface area contributed by atoms with Gasteiger partial charge in [-0.15, -0.1) is 0 Å². The Morgan fingerprint density at radius 3 is 2.81 bits per heavy atom. The average Bonchev–Trinajstić information content (AvgIpc) is 2.87. The van der Waals surface area contributed by atoms with Gasteiger partial charge < -0.3 is 16.4 Å². The van der Waals surface area contributed by atoms with Crippen LogP contribution in [-0.4, -0.2) is 23.5 Å². The monoisotopic (exact) mass is 310 g/mol. The molecule has 21 heavy (non-hydrogen) atoms. The number of rotatable bonds is 6. The van der Waals surface area contributed by atoms with Crippen molar-refractivity contribution < 1.29 is 4.79 Å². The topological polar surface area (TPSA) is 80.0 Å². The first-order valence-electron chi connectivity index (χ1n) is 7.92. The van der Waals surface area contributed by atoms with Gasteiger partial charge in [-0.3, -0.25) is 4.79 Å². The number of carbonyl (C=O) groups is 1. The highest BCUT2D eigenvalue weighted by molar-refractivity contribution is 7.18. The summed E-state index contributed by atoms with van der Waals surface area (Å²) in [6.07, 6.45) is 7.31. The van der Waals surface area contributed by atoms with E-state index in [4.69, 9.17) is 5.73 Å². The zero-order valence-corrected chi connectivity index (χ0v) is 13.8. The standard InChI is InChI=1S/C15H26N4OS/c1-3-9-17-15-19-13(16)12(21-15)14(20)18-10(2)11-7-5-4-6-8-11/h10-11H,3-9,16H2,1-2H3,(H,17,19)(H,18,20). The molecule has 0 aliphatic heterocycles. The van der Waals surface area contributed by atoms with E-state index < -0.39 is 0 Å². The minimum Gasteiger partial charge on any atom is -0.382 e. The highest BCUT2D eigenvalue weighted by Gasteiger charge is 2.24. The molecule has 6 heteroatoms. The molecule has 5 nitrogen and oxygen atoms in total. The maximum Gasteiger partial charge on any atom is 0.265 e. The Morgan fingerprint density at radius 1 is 1.43 bits per heavy atom. The van der Waals surface area contributed by atoms with E-state index in [0.717, 1.165) is 18.1 Å². The highest BCUT2D eigenvalue weighted by Crippen LogP contribution is 2.28. The maximum atomic E-state index is 12.4. The van der Waals surface area contributed by atoms with E-state index in [-0.39, 0.29) is 11.9 Å². The number of hydrogen-bond donors (Lipinski definition) is 3. The second-order valence-electron chi connectivity index (χ2n) is 5.82. The molecule has 1 aliphatic rings. The lowest BCUT2D eigenvalue weighted by molar-refractivity contribution is 0.0924. The van der Waals surface area contributed by atoms with Crippen LogP contribution in [-0.2, 0) is 0 Å². The first kappa shape index (κ1) is 16.1. The Kier molecular flexibility index (Phi) is 5.85. The van der Waals surface area contributed by atoms with Crippen LogP contribution in [0.4, 0.5) is 10.9 Å². The maximum absolute atomic E-state index is 12.4. The van der Waals surface area contributed by atoms with Crippen LogP contribution >= 0.6 is 11.3 Å². The first-order chi connectivity index (χ1) is 10.1. The Hall–Kier alpha value is -1.30. The summed E-state index contributed by atoms with van der Waals surface area (Å²) in [4.78, 5) is 17.1. The molecule has 1 atom stereocenters. The molecule has 0 spiro atoms. The molecule has 2 rings (SSSR count). The van der Waals surface area contributed by atoms with Gasteiger partial charge in [-0.05, 0) is 32.1 Å². The Labute approximate surface area is 130 Å². The number of nitrogens with one attached hydrogen (secondary N) is 2. The summed E-state index contributed by atoms with van der Waals surface area (Å²) < 4.78 is 0. The van der Waals surface area contributed by atoms with Crippen molar-refractivity contribution in [2.75, 3.05) is 17.6 Å². The zero-order valence-electron chi connectivity index (χ0n) is 12.9. The number of aromatic nitrogens is 1. The molecule has 1 aromatic heterocycles. The van der Waals surface area contributed by atoms with Gasteiger partial charge in [0.2, 0.25) is 0 Å². The Morgan fingerprint density at radius 2 is 2.14 bits per heavy atom. The number of hydrogen-bond acceptors (Lipinski definition) is 5. The first-order valence-corrected chi connectivity index (χ1v) is 8.74. The van der Waals surface area contributed by atoms with Crippen molar-refractivity contribution in [2.24, 2.45) is 5.92 Å². The molecule has 1 amide bonds. The van der Waals surface area contributed by atoms with E-state index in [2.05, 4.69) is 29.5 Å².